The van der Waals surface area contributed by atoms with Gasteiger partial charge in [-0.15, -0.1) is 13.2 Å². The Morgan fingerprint density at radius 2 is 1.56 bits per heavy atom. The molecule has 0 fully saturated rings. The van der Waals surface area contributed by atoms with Crippen LogP contribution in [0.3, 0.4) is 0 Å². The molecule has 0 aromatic carbocycles. The summed E-state index contributed by atoms with van der Waals surface area (Å²) in [5.41, 5.74) is 3.63. The minimum absolute atomic E-state index is 0.480. The topological polar surface area (TPSA) is 27.7 Å². The highest BCUT2D eigenvalue weighted by Crippen LogP contribution is 2.19. The van der Waals surface area contributed by atoms with Crippen molar-refractivity contribution in [2.45, 2.75) is 40.3 Å². The van der Waals surface area contributed by atoms with Gasteiger partial charge >= 0.3 is 17.1 Å². The molecule has 0 saturated carbocycles. The summed E-state index contributed by atoms with van der Waals surface area (Å²) in [5, 5.41) is 0. The molecule has 2 atom stereocenters. The first kappa shape index (κ1) is 17.8. The van der Waals surface area contributed by atoms with Crippen molar-refractivity contribution >= 4 is 17.1 Å². The van der Waals surface area contributed by atoms with E-state index in [0.29, 0.717) is 19.1 Å². The maximum atomic E-state index is 6.17. The van der Waals surface area contributed by atoms with E-state index in [-0.39, 0.29) is 0 Å². The van der Waals surface area contributed by atoms with Crippen molar-refractivity contribution in [1.29, 1.82) is 0 Å². The lowest BCUT2D eigenvalue weighted by Gasteiger charge is -2.33. The Morgan fingerprint density at radius 3 is 1.94 bits per heavy atom. The van der Waals surface area contributed by atoms with E-state index in [2.05, 4.69) is 33.9 Å². The van der Waals surface area contributed by atoms with Gasteiger partial charge in [0.05, 0.1) is 0 Å². The zero-order valence-electron chi connectivity index (χ0n) is 12.5. The summed E-state index contributed by atoms with van der Waals surface area (Å²) >= 11 is 0. The van der Waals surface area contributed by atoms with Crippen molar-refractivity contribution in [3.8, 4) is 0 Å². The quantitative estimate of drug-likeness (QED) is 0.574. The number of hydrogen-bond donors (Lipinski definition) is 0. The average Bonchev–Trinajstić information content (AvgIpc) is 2.34. The van der Waals surface area contributed by atoms with E-state index in [9.17, 15) is 0 Å². The van der Waals surface area contributed by atoms with Gasteiger partial charge in [-0.05, 0) is 25.4 Å². The molecule has 0 radical (unpaired) electrons. The van der Waals surface area contributed by atoms with Crippen LogP contribution in [0.25, 0.3) is 0 Å². The van der Waals surface area contributed by atoms with Gasteiger partial charge in [0.2, 0.25) is 0 Å². The monoisotopic (exact) mass is 288 g/mol. The van der Waals surface area contributed by atoms with Crippen molar-refractivity contribution in [2.24, 2.45) is 5.92 Å². The molecule has 2 unspecified atom stereocenters. The van der Waals surface area contributed by atoms with Gasteiger partial charge in [0, 0.05) is 13.2 Å². The zero-order chi connectivity index (χ0) is 14.2. The van der Waals surface area contributed by atoms with Crippen molar-refractivity contribution in [3.05, 3.63) is 24.6 Å². The Morgan fingerprint density at radius 1 is 1.06 bits per heavy atom. The normalized spacial score (nSPS) is 18.1. The van der Waals surface area contributed by atoms with Crippen LogP contribution in [0.1, 0.15) is 27.2 Å². The molecule has 0 aromatic rings. The fourth-order valence-electron chi connectivity index (χ4n) is 1.30. The molecule has 0 heterocycles. The summed E-state index contributed by atoms with van der Waals surface area (Å²) in [5.74, 6) is 0.480. The third kappa shape index (κ3) is 6.65. The second-order valence-corrected chi connectivity index (χ2v) is 11.4. The van der Waals surface area contributed by atoms with Gasteiger partial charge < -0.3 is 13.0 Å². The Kier molecular flexibility index (Phi) is 7.97. The molecular formula is C13H28O3Si2. The summed E-state index contributed by atoms with van der Waals surface area (Å²) in [7, 11) is -4.71. The minimum Gasteiger partial charge on any atom is -0.409 e. The van der Waals surface area contributed by atoms with Crippen molar-refractivity contribution < 1.29 is 13.0 Å². The summed E-state index contributed by atoms with van der Waals surface area (Å²) in [6, 6.07) is 0. The van der Waals surface area contributed by atoms with E-state index in [4.69, 9.17) is 13.0 Å². The van der Waals surface area contributed by atoms with Gasteiger partial charge in [0.15, 0.2) is 0 Å². The van der Waals surface area contributed by atoms with E-state index >= 15 is 0 Å². The molecule has 3 nitrogen and oxygen atoms in total. The molecule has 0 aliphatic rings. The van der Waals surface area contributed by atoms with Crippen LogP contribution in [0.5, 0.6) is 0 Å². The summed E-state index contributed by atoms with van der Waals surface area (Å²) in [4.78, 5) is 0. The maximum Gasteiger partial charge on any atom is 0.352 e. The van der Waals surface area contributed by atoms with E-state index in [1.54, 1.807) is 0 Å². The first-order valence-electron chi connectivity index (χ1n) is 6.56. The molecule has 0 spiro atoms. The van der Waals surface area contributed by atoms with Gasteiger partial charge in [0.1, 0.15) is 0 Å². The second-order valence-electron chi connectivity index (χ2n) is 5.10. The zero-order valence-corrected chi connectivity index (χ0v) is 14.5. The molecule has 106 valence electrons. The van der Waals surface area contributed by atoms with Crippen molar-refractivity contribution in [3.63, 3.8) is 0 Å². The lowest BCUT2D eigenvalue weighted by atomic mass is 10.2. The third-order valence-corrected chi connectivity index (χ3v) is 8.69. The molecule has 18 heavy (non-hydrogen) atoms. The van der Waals surface area contributed by atoms with Crippen LogP contribution in [0.4, 0.5) is 0 Å². The second kappa shape index (κ2) is 8.06. The maximum absolute atomic E-state index is 6.17. The highest BCUT2D eigenvalue weighted by atomic mass is 28.5. The van der Waals surface area contributed by atoms with Gasteiger partial charge in [-0.1, -0.05) is 32.2 Å². The largest absolute Gasteiger partial charge is 0.409 e. The molecule has 0 rings (SSSR count). The first-order valence-corrected chi connectivity index (χ1v) is 11.3. The average molecular weight is 289 g/mol. The first-order chi connectivity index (χ1) is 8.31. The SMILES string of the molecule is C=C[Si](C)(OCCC)O[Si](C)(C=C)OCC(C)C. The predicted octanol–water partition coefficient (Wildman–Crippen LogP) is 3.70. The lowest BCUT2D eigenvalue weighted by Crippen LogP contribution is -2.50. The van der Waals surface area contributed by atoms with Crippen molar-refractivity contribution in [2.75, 3.05) is 13.2 Å². The third-order valence-electron chi connectivity index (χ3n) is 2.44. The van der Waals surface area contributed by atoms with Gasteiger partial charge in [0.25, 0.3) is 0 Å². The van der Waals surface area contributed by atoms with E-state index < -0.39 is 17.1 Å². The van der Waals surface area contributed by atoms with Crippen LogP contribution in [-0.4, -0.2) is 30.3 Å². The molecule has 5 heteroatoms. The van der Waals surface area contributed by atoms with Gasteiger partial charge in [-0.25, -0.2) is 0 Å². The minimum atomic E-state index is -2.36. The lowest BCUT2D eigenvalue weighted by molar-refractivity contribution is 0.187. The molecule has 0 saturated heterocycles. The van der Waals surface area contributed by atoms with Crippen LogP contribution in [0.2, 0.25) is 13.1 Å². The Bertz CT molecular complexity index is 271. The van der Waals surface area contributed by atoms with Crippen LogP contribution < -0.4 is 0 Å². The molecule has 0 aliphatic heterocycles. The molecule has 0 amide bonds. The highest BCUT2D eigenvalue weighted by Gasteiger charge is 2.39. The predicted molar refractivity (Wildman–Crippen MR) is 81.7 cm³/mol. The van der Waals surface area contributed by atoms with Gasteiger partial charge in [-0.3, -0.25) is 0 Å². The fraction of sp³-hybridized carbons (Fsp3) is 0.692. The van der Waals surface area contributed by atoms with Crippen molar-refractivity contribution in [1.82, 2.24) is 0 Å². The van der Waals surface area contributed by atoms with E-state index in [1.807, 2.05) is 24.5 Å². The van der Waals surface area contributed by atoms with Crippen LogP contribution in [0, 0.1) is 5.92 Å². The van der Waals surface area contributed by atoms with E-state index in [0.717, 1.165) is 6.42 Å². The van der Waals surface area contributed by atoms with Crippen LogP contribution in [0.15, 0.2) is 24.6 Å². The summed E-state index contributed by atoms with van der Waals surface area (Å²) in [6.45, 7) is 19.4. The smallest absolute Gasteiger partial charge is 0.352 e. The summed E-state index contributed by atoms with van der Waals surface area (Å²) in [6.07, 6.45) is 0.971. The molecule has 0 aromatic heterocycles. The molecular weight excluding hydrogens is 260 g/mol. The number of rotatable bonds is 10. The highest BCUT2D eigenvalue weighted by molar-refractivity contribution is 6.84. The van der Waals surface area contributed by atoms with Crippen LogP contribution in [-0.2, 0) is 13.0 Å². The molecule has 0 bridgehead atoms. The Balaban J connectivity index is 4.63. The Labute approximate surface area is 114 Å². The Hall–Kier alpha value is -0.206. The van der Waals surface area contributed by atoms with Crippen LogP contribution >= 0.6 is 0 Å². The molecule has 0 N–H and O–H groups in total. The van der Waals surface area contributed by atoms with Gasteiger partial charge in [-0.2, -0.15) is 0 Å². The van der Waals surface area contributed by atoms with E-state index in [1.165, 1.54) is 0 Å². The molecule has 0 aliphatic carbocycles. The summed E-state index contributed by atoms with van der Waals surface area (Å²) < 4.78 is 17.9. The standard InChI is InChI=1S/C13H28O3Si2/c1-8-11-14-17(6,9-2)16-18(7,10-3)15-12-13(4)5/h9-10,13H,2-3,8,11-12H2,1,4-7H3. The fourth-order valence-corrected chi connectivity index (χ4v) is 7.17. The number of hydrogen-bond acceptors (Lipinski definition) is 3.